The van der Waals surface area contributed by atoms with Crippen LogP contribution in [0.1, 0.15) is 21.5 Å². The van der Waals surface area contributed by atoms with Crippen LogP contribution in [0.2, 0.25) is 0 Å². The first kappa shape index (κ1) is 23.9. The fraction of sp³-hybridized carbons (Fsp3) is 0.167. The Bertz CT molecular complexity index is 1100. The molecule has 0 heterocycles. The van der Waals surface area contributed by atoms with Crippen molar-refractivity contribution in [3.8, 4) is 11.1 Å². The second-order valence-corrected chi connectivity index (χ2v) is 7.21. The maximum atomic E-state index is 12.9. The molecule has 33 heavy (non-hydrogen) atoms. The molecule has 3 rings (SSSR count). The number of nitrogens with one attached hydrogen (secondary N) is 2. The van der Waals surface area contributed by atoms with E-state index in [4.69, 9.17) is 0 Å². The maximum absolute atomic E-state index is 12.9. The number of hydrogen-bond donors (Lipinski definition) is 3. The summed E-state index contributed by atoms with van der Waals surface area (Å²) < 4.78 is 51.0. The molecule has 0 unspecified atom stereocenters. The van der Waals surface area contributed by atoms with E-state index in [1.54, 1.807) is 12.1 Å². The lowest BCUT2D eigenvalue weighted by atomic mass is 10.0. The highest BCUT2D eigenvalue weighted by Crippen LogP contribution is 2.31. The van der Waals surface area contributed by atoms with Crippen molar-refractivity contribution in [1.29, 1.82) is 0 Å². The SMILES string of the molecule is O=C(N[C@@H](CO)C(=O)NCc1ccc(F)cc1)c1ccc(-c2ccc(C(F)(F)F)cc2)cc1. The Morgan fingerprint density at radius 2 is 1.39 bits per heavy atom. The van der Waals surface area contributed by atoms with Crippen LogP contribution in [0, 0.1) is 5.82 Å². The van der Waals surface area contributed by atoms with Crippen LogP contribution < -0.4 is 10.6 Å². The molecule has 1 atom stereocenters. The van der Waals surface area contributed by atoms with Gasteiger partial charge in [0.05, 0.1) is 12.2 Å². The number of benzene rings is 3. The van der Waals surface area contributed by atoms with E-state index in [0.717, 1.165) is 12.1 Å². The van der Waals surface area contributed by atoms with Gasteiger partial charge in [0.2, 0.25) is 5.91 Å². The second-order valence-electron chi connectivity index (χ2n) is 7.21. The molecule has 0 aromatic heterocycles. The largest absolute Gasteiger partial charge is 0.416 e. The second kappa shape index (κ2) is 10.3. The number of carbonyl (C=O) groups is 2. The minimum Gasteiger partial charge on any atom is -0.394 e. The molecular formula is C24H20F4N2O3. The van der Waals surface area contributed by atoms with Gasteiger partial charge in [-0.1, -0.05) is 36.4 Å². The summed E-state index contributed by atoms with van der Waals surface area (Å²) in [4.78, 5) is 24.7. The molecule has 2 amide bonds. The number of aliphatic hydroxyl groups is 1. The van der Waals surface area contributed by atoms with Crippen molar-refractivity contribution in [2.45, 2.75) is 18.8 Å². The highest BCUT2D eigenvalue weighted by Gasteiger charge is 2.30. The van der Waals surface area contributed by atoms with E-state index in [1.165, 1.54) is 48.5 Å². The zero-order chi connectivity index (χ0) is 24.0. The molecule has 3 aromatic rings. The minimum atomic E-state index is -4.42. The summed E-state index contributed by atoms with van der Waals surface area (Å²) in [5.74, 6) is -1.63. The molecule has 3 aromatic carbocycles. The van der Waals surface area contributed by atoms with Gasteiger partial charge in [-0.05, 0) is 53.1 Å². The molecule has 0 aliphatic carbocycles. The Labute approximate surface area is 187 Å². The molecule has 0 fully saturated rings. The van der Waals surface area contributed by atoms with Crippen LogP contribution in [0.5, 0.6) is 0 Å². The van der Waals surface area contributed by atoms with Crippen molar-refractivity contribution in [2.75, 3.05) is 6.61 Å². The van der Waals surface area contributed by atoms with Gasteiger partial charge in [-0.25, -0.2) is 4.39 Å². The van der Waals surface area contributed by atoms with Crippen molar-refractivity contribution < 1.29 is 32.3 Å². The van der Waals surface area contributed by atoms with Gasteiger partial charge in [0.15, 0.2) is 0 Å². The van der Waals surface area contributed by atoms with Gasteiger partial charge < -0.3 is 15.7 Å². The number of carbonyl (C=O) groups excluding carboxylic acids is 2. The summed E-state index contributed by atoms with van der Waals surface area (Å²) in [6.07, 6.45) is -4.42. The Morgan fingerprint density at radius 1 is 0.848 bits per heavy atom. The van der Waals surface area contributed by atoms with Crippen molar-refractivity contribution in [2.24, 2.45) is 0 Å². The fourth-order valence-corrected chi connectivity index (χ4v) is 3.02. The van der Waals surface area contributed by atoms with Gasteiger partial charge in [0.1, 0.15) is 11.9 Å². The maximum Gasteiger partial charge on any atom is 0.416 e. The molecule has 0 radical (unpaired) electrons. The van der Waals surface area contributed by atoms with Crippen LogP contribution in [0.25, 0.3) is 11.1 Å². The van der Waals surface area contributed by atoms with E-state index in [-0.39, 0.29) is 12.1 Å². The molecular weight excluding hydrogens is 440 g/mol. The average Bonchev–Trinajstić information content (AvgIpc) is 2.81. The monoisotopic (exact) mass is 460 g/mol. The number of amides is 2. The number of aliphatic hydroxyl groups excluding tert-OH is 1. The molecule has 5 nitrogen and oxygen atoms in total. The summed E-state index contributed by atoms with van der Waals surface area (Å²) >= 11 is 0. The highest BCUT2D eigenvalue weighted by molar-refractivity contribution is 5.98. The number of halogens is 4. The van der Waals surface area contributed by atoms with Crippen LogP contribution in [0.15, 0.2) is 72.8 Å². The summed E-state index contributed by atoms with van der Waals surface area (Å²) in [6, 6.07) is 15.0. The van der Waals surface area contributed by atoms with E-state index < -0.39 is 42.0 Å². The number of alkyl halides is 3. The quantitative estimate of drug-likeness (QED) is 0.468. The average molecular weight is 460 g/mol. The van der Waals surface area contributed by atoms with Crippen LogP contribution in [-0.4, -0.2) is 29.6 Å². The van der Waals surface area contributed by atoms with Crippen LogP contribution >= 0.6 is 0 Å². The molecule has 0 aliphatic heterocycles. The molecule has 0 spiro atoms. The topological polar surface area (TPSA) is 78.4 Å². The van der Waals surface area contributed by atoms with E-state index in [9.17, 15) is 32.3 Å². The van der Waals surface area contributed by atoms with Gasteiger partial charge >= 0.3 is 6.18 Å². The third kappa shape index (κ3) is 6.39. The van der Waals surface area contributed by atoms with Crippen molar-refractivity contribution in [3.63, 3.8) is 0 Å². The number of hydrogen-bond acceptors (Lipinski definition) is 3. The molecule has 0 saturated heterocycles. The third-order valence-electron chi connectivity index (χ3n) is 4.88. The predicted octanol–water partition coefficient (Wildman–Crippen LogP) is 3.92. The smallest absolute Gasteiger partial charge is 0.394 e. The summed E-state index contributed by atoms with van der Waals surface area (Å²) in [6.45, 7) is -0.544. The standard InChI is InChI=1S/C24H20F4N2O3/c25-20-11-1-15(2-12-20)13-29-23(33)21(14-31)30-22(32)18-5-3-16(4-6-18)17-7-9-19(10-8-17)24(26,27)28/h1-12,21,31H,13-14H2,(H,29,33)(H,30,32)/t21-/m0/s1. The van der Waals surface area contributed by atoms with Crippen molar-refractivity contribution >= 4 is 11.8 Å². The van der Waals surface area contributed by atoms with Crippen LogP contribution in [-0.2, 0) is 17.5 Å². The summed E-state index contributed by atoms with van der Waals surface area (Å²) in [5.41, 5.74) is 1.25. The molecule has 0 bridgehead atoms. The zero-order valence-corrected chi connectivity index (χ0v) is 17.2. The number of rotatable bonds is 7. The van der Waals surface area contributed by atoms with Gasteiger partial charge in [0, 0.05) is 12.1 Å². The Balaban J connectivity index is 1.60. The fourth-order valence-electron chi connectivity index (χ4n) is 3.02. The lowest BCUT2D eigenvalue weighted by molar-refractivity contribution is -0.137. The Morgan fingerprint density at radius 3 is 1.91 bits per heavy atom. The molecule has 172 valence electrons. The third-order valence-corrected chi connectivity index (χ3v) is 4.88. The van der Waals surface area contributed by atoms with E-state index in [1.807, 2.05) is 0 Å². The first-order chi connectivity index (χ1) is 15.7. The van der Waals surface area contributed by atoms with Gasteiger partial charge in [-0.3, -0.25) is 9.59 Å². The first-order valence-corrected chi connectivity index (χ1v) is 9.89. The summed E-state index contributed by atoms with van der Waals surface area (Å²) in [7, 11) is 0. The Hall–Kier alpha value is -3.72. The van der Waals surface area contributed by atoms with E-state index >= 15 is 0 Å². The molecule has 0 aliphatic rings. The van der Waals surface area contributed by atoms with Gasteiger partial charge in [-0.2, -0.15) is 13.2 Å². The predicted molar refractivity (Wildman–Crippen MR) is 113 cm³/mol. The minimum absolute atomic E-state index is 0.0906. The van der Waals surface area contributed by atoms with E-state index in [2.05, 4.69) is 10.6 Å². The molecule has 0 saturated carbocycles. The lowest BCUT2D eigenvalue weighted by Gasteiger charge is -2.16. The van der Waals surface area contributed by atoms with Crippen molar-refractivity contribution in [1.82, 2.24) is 10.6 Å². The lowest BCUT2D eigenvalue weighted by Crippen LogP contribution is -2.48. The van der Waals surface area contributed by atoms with Crippen LogP contribution in [0.3, 0.4) is 0 Å². The summed E-state index contributed by atoms with van der Waals surface area (Å²) in [5, 5.41) is 14.5. The van der Waals surface area contributed by atoms with Gasteiger partial charge in [0.25, 0.3) is 5.91 Å². The molecule has 9 heteroatoms. The van der Waals surface area contributed by atoms with Crippen LogP contribution in [0.4, 0.5) is 17.6 Å². The highest BCUT2D eigenvalue weighted by atomic mass is 19.4. The normalized spacial score (nSPS) is 12.2. The Kier molecular flexibility index (Phi) is 7.44. The van der Waals surface area contributed by atoms with Gasteiger partial charge in [-0.15, -0.1) is 0 Å². The molecule has 3 N–H and O–H groups in total. The first-order valence-electron chi connectivity index (χ1n) is 9.89. The van der Waals surface area contributed by atoms with Crippen molar-refractivity contribution in [3.05, 3.63) is 95.3 Å². The van der Waals surface area contributed by atoms with E-state index in [0.29, 0.717) is 16.7 Å². The zero-order valence-electron chi connectivity index (χ0n) is 17.2.